The molecule has 2 N–H and O–H groups in total. The van der Waals surface area contributed by atoms with Crippen LogP contribution in [0.25, 0.3) is 0 Å². The van der Waals surface area contributed by atoms with Crippen molar-refractivity contribution in [3.63, 3.8) is 0 Å². The first-order valence-electron chi connectivity index (χ1n) is 4.76. The molecule has 0 saturated heterocycles. The van der Waals surface area contributed by atoms with E-state index in [1.54, 1.807) is 14.0 Å². The Hall–Kier alpha value is -1.70. The smallest absolute Gasteiger partial charge is 0.397 e. The minimum absolute atomic E-state index is 0.136. The zero-order chi connectivity index (χ0) is 12.8. The molecule has 0 atom stereocenters. The lowest BCUT2D eigenvalue weighted by Crippen LogP contribution is -2.26. The SMILES string of the molecule is CCOC(=O)C(=O)Nc1ncc(Br)nc1NC. The summed E-state index contributed by atoms with van der Waals surface area (Å²) in [6.07, 6.45) is 1.40. The molecule has 0 aromatic carbocycles. The van der Waals surface area contributed by atoms with Crippen LogP contribution < -0.4 is 10.6 Å². The summed E-state index contributed by atoms with van der Waals surface area (Å²) in [4.78, 5) is 30.4. The molecule has 1 rings (SSSR count). The second-order valence-electron chi connectivity index (χ2n) is 2.81. The van der Waals surface area contributed by atoms with Gasteiger partial charge < -0.3 is 10.1 Å². The van der Waals surface area contributed by atoms with E-state index in [0.717, 1.165) is 0 Å². The van der Waals surface area contributed by atoms with Crippen molar-refractivity contribution >= 4 is 39.4 Å². The number of carbonyl (C=O) groups excluding carboxylic acids is 2. The number of carbonyl (C=O) groups is 2. The normalized spacial score (nSPS) is 9.59. The quantitative estimate of drug-likeness (QED) is 0.633. The number of hydrogen-bond donors (Lipinski definition) is 2. The number of esters is 1. The molecule has 0 saturated carbocycles. The molecule has 0 aliphatic heterocycles. The summed E-state index contributed by atoms with van der Waals surface area (Å²) in [5.41, 5.74) is 0. The zero-order valence-electron chi connectivity index (χ0n) is 9.28. The number of amides is 1. The van der Waals surface area contributed by atoms with Crippen molar-refractivity contribution in [2.75, 3.05) is 24.3 Å². The summed E-state index contributed by atoms with van der Waals surface area (Å²) in [7, 11) is 1.62. The number of aromatic nitrogens is 2. The Morgan fingerprint density at radius 2 is 2.18 bits per heavy atom. The number of halogens is 1. The van der Waals surface area contributed by atoms with Crippen molar-refractivity contribution in [3.05, 3.63) is 10.8 Å². The molecular weight excluding hydrogens is 292 g/mol. The van der Waals surface area contributed by atoms with Gasteiger partial charge in [0, 0.05) is 7.05 Å². The van der Waals surface area contributed by atoms with Gasteiger partial charge in [0.05, 0.1) is 12.8 Å². The average Bonchev–Trinajstić information content (AvgIpc) is 2.31. The molecule has 17 heavy (non-hydrogen) atoms. The second-order valence-corrected chi connectivity index (χ2v) is 3.63. The Balaban J connectivity index is 2.81. The Morgan fingerprint density at radius 1 is 1.47 bits per heavy atom. The molecule has 0 bridgehead atoms. The van der Waals surface area contributed by atoms with Gasteiger partial charge in [-0.05, 0) is 22.9 Å². The Bertz CT molecular complexity index is 438. The summed E-state index contributed by atoms with van der Waals surface area (Å²) in [6, 6.07) is 0. The molecule has 0 aliphatic rings. The van der Waals surface area contributed by atoms with Gasteiger partial charge in [-0.15, -0.1) is 0 Å². The van der Waals surface area contributed by atoms with Gasteiger partial charge in [0.1, 0.15) is 4.60 Å². The van der Waals surface area contributed by atoms with Gasteiger partial charge >= 0.3 is 11.9 Å². The lowest BCUT2D eigenvalue weighted by Gasteiger charge is -2.08. The van der Waals surface area contributed by atoms with Crippen LogP contribution in [0.2, 0.25) is 0 Å². The van der Waals surface area contributed by atoms with E-state index in [-0.39, 0.29) is 12.4 Å². The van der Waals surface area contributed by atoms with Gasteiger partial charge in [-0.2, -0.15) is 0 Å². The van der Waals surface area contributed by atoms with Crippen LogP contribution >= 0.6 is 15.9 Å². The minimum atomic E-state index is -0.959. The number of ether oxygens (including phenoxy) is 1. The monoisotopic (exact) mass is 302 g/mol. The van der Waals surface area contributed by atoms with Crippen LogP contribution in [-0.2, 0) is 14.3 Å². The zero-order valence-corrected chi connectivity index (χ0v) is 10.9. The maximum absolute atomic E-state index is 11.4. The first-order valence-corrected chi connectivity index (χ1v) is 5.56. The van der Waals surface area contributed by atoms with Crippen LogP contribution in [0.15, 0.2) is 10.8 Å². The van der Waals surface area contributed by atoms with Crippen molar-refractivity contribution in [1.82, 2.24) is 9.97 Å². The third-order valence-corrected chi connectivity index (χ3v) is 2.05. The standard InChI is InChI=1S/C9H11BrN4O3/c1-3-17-9(16)8(15)14-7-6(11-2)13-5(10)4-12-7/h4H,3H2,1-2H3,(H,11,13)(H,12,14,15). The number of hydrogen-bond acceptors (Lipinski definition) is 6. The van der Waals surface area contributed by atoms with Gasteiger partial charge in [0.2, 0.25) is 0 Å². The van der Waals surface area contributed by atoms with Crippen molar-refractivity contribution in [1.29, 1.82) is 0 Å². The van der Waals surface area contributed by atoms with E-state index in [0.29, 0.717) is 10.4 Å². The number of anilines is 2. The van der Waals surface area contributed by atoms with Gasteiger partial charge in [0.25, 0.3) is 0 Å². The van der Waals surface area contributed by atoms with Crippen molar-refractivity contribution in [3.8, 4) is 0 Å². The van der Waals surface area contributed by atoms with Crippen LogP contribution in [-0.4, -0.2) is 35.5 Å². The maximum Gasteiger partial charge on any atom is 0.397 e. The molecule has 1 amide bonds. The van der Waals surface area contributed by atoms with Crippen LogP contribution in [0.5, 0.6) is 0 Å². The minimum Gasteiger partial charge on any atom is -0.459 e. The number of nitrogens with zero attached hydrogens (tertiary/aromatic N) is 2. The van der Waals surface area contributed by atoms with E-state index in [4.69, 9.17) is 0 Å². The first kappa shape index (κ1) is 13.4. The highest BCUT2D eigenvalue weighted by molar-refractivity contribution is 9.10. The molecule has 1 aromatic heterocycles. The highest BCUT2D eigenvalue weighted by atomic mass is 79.9. The lowest BCUT2D eigenvalue weighted by molar-refractivity contribution is -0.152. The Morgan fingerprint density at radius 3 is 2.76 bits per heavy atom. The fourth-order valence-corrected chi connectivity index (χ4v) is 1.27. The highest BCUT2D eigenvalue weighted by Gasteiger charge is 2.17. The highest BCUT2D eigenvalue weighted by Crippen LogP contribution is 2.17. The van der Waals surface area contributed by atoms with Gasteiger partial charge in [0.15, 0.2) is 11.6 Å². The van der Waals surface area contributed by atoms with Gasteiger partial charge in [-0.3, -0.25) is 10.1 Å². The van der Waals surface area contributed by atoms with Gasteiger partial charge in [-0.25, -0.2) is 14.8 Å². The number of nitrogens with one attached hydrogen (secondary N) is 2. The summed E-state index contributed by atoms with van der Waals surface area (Å²) in [5, 5.41) is 5.05. The molecule has 0 aliphatic carbocycles. The van der Waals surface area contributed by atoms with E-state index in [2.05, 4.69) is 41.3 Å². The summed E-state index contributed by atoms with van der Waals surface area (Å²) < 4.78 is 5.05. The average molecular weight is 303 g/mol. The number of rotatable bonds is 3. The largest absolute Gasteiger partial charge is 0.459 e. The molecule has 1 heterocycles. The van der Waals surface area contributed by atoms with Crippen LogP contribution in [0, 0.1) is 0 Å². The van der Waals surface area contributed by atoms with E-state index in [1.165, 1.54) is 6.20 Å². The van der Waals surface area contributed by atoms with Crippen molar-refractivity contribution < 1.29 is 14.3 Å². The van der Waals surface area contributed by atoms with E-state index < -0.39 is 11.9 Å². The predicted molar refractivity (Wildman–Crippen MR) is 64.5 cm³/mol. The molecular formula is C9H11BrN4O3. The molecule has 0 fully saturated rings. The van der Waals surface area contributed by atoms with E-state index in [9.17, 15) is 9.59 Å². The molecule has 0 unspecified atom stereocenters. The lowest BCUT2D eigenvalue weighted by atomic mass is 10.5. The summed E-state index contributed by atoms with van der Waals surface area (Å²) in [5.74, 6) is -1.34. The fraction of sp³-hybridized carbons (Fsp3) is 0.333. The molecule has 8 heteroatoms. The van der Waals surface area contributed by atoms with Crippen molar-refractivity contribution in [2.24, 2.45) is 0 Å². The summed E-state index contributed by atoms with van der Waals surface area (Å²) >= 11 is 3.14. The van der Waals surface area contributed by atoms with E-state index >= 15 is 0 Å². The second kappa shape index (κ2) is 6.14. The molecule has 0 radical (unpaired) electrons. The van der Waals surface area contributed by atoms with E-state index in [1.807, 2.05) is 0 Å². The molecule has 92 valence electrons. The van der Waals surface area contributed by atoms with Crippen LogP contribution in [0.3, 0.4) is 0 Å². The van der Waals surface area contributed by atoms with Crippen molar-refractivity contribution in [2.45, 2.75) is 6.92 Å². The molecule has 0 spiro atoms. The molecule has 1 aromatic rings. The van der Waals surface area contributed by atoms with Gasteiger partial charge in [-0.1, -0.05) is 0 Å². The third-order valence-electron chi connectivity index (χ3n) is 1.67. The van der Waals surface area contributed by atoms with Crippen LogP contribution in [0.1, 0.15) is 6.92 Å². The Kier molecular flexibility index (Phi) is 4.83. The first-order chi connectivity index (χ1) is 8.08. The fourth-order valence-electron chi connectivity index (χ4n) is 0.989. The maximum atomic E-state index is 11.4. The predicted octanol–water partition coefficient (Wildman–Crippen LogP) is 0.782. The molecule has 7 nitrogen and oxygen atoms in total. The van der Waals surface area contributed by atoms with Crippen LogP contribution in [0.4, 0.5) is 11.6 Å². The summed E-state index contributed by atoms with van der Waals surface area (Å²) in [6.45, 7) is 1.75. The third kappa shape index (κ3) is 3.66. The Labute approximate surface area is 106 Å². The topological polar surface area (TPSA) is 93.2 Å².